The van der Waals surface area contributed by atoms with Gasteiger partial charge in [0.05, 0.1) is 6.20 Å². The Kier molecular flexibility index (Phi) is 3.51. The molecular formula is C15H21N3O. The summed E-state index contributed by atoms with van der Waals surface area (Å²) in [6.45, 7) is 8.33. The fraction of sp³-hybridized carbons (Fsp3) is 0.400. The van der Waals surface area contributed by atoms with E-state index in [9.17, 15) is 5.11 Å². The number of phenols is 1. The molecular weight excluding hydrogens is 238 g/mol. The molecule has 0 saturated heterocycles. The van der Waals surface area contributed by atoms with Crippen molar-refractivity contribution in [2.45, 2.75) is 39.5 Å². The third kappa shape index (κ3) is 2.30. The molecule has 0 aliphatic rings. The van der Waals surface area contributed by atoms with Gasteiger partial charge in [0.15, 0.2) is 0 Å². The van der Waals surface area contributed by atoms with E-state index in [-0.39, 0.29) is 5.92 Å². The predicted octanol–water partition coefficient (Wildman–Crippen LogP) is 3.61. The molecule has 4 nitrogen and oxygen atoms in total. The SMILES string of the molecule is CC(C)c1ccc(C(C)C)c(-c2cn[nH]c2N)c1O. The van der Waals surface area contributed by atoms with Gasteiger partial charge in [-0.25, -0.2) is 0 Å². The van der Waals surface area contributed by atoms with Crippen LogP contribution >= 0.6 is 0 Å². The van der Waals surface area contributed by atoms with Crippen LogP contribution in [-0.2, 0) is 0 Å². The number of benzene rings is 1. The maximum absolute atomic E-state index is 10.6. The third-order valence-corrected chi connectivity index (χ3v) is 3.42. The number of nitrogens with one attached hydrogen (secondary N) is 1. The number of anilines is 1. The Hall–Kier alpha value is -1.97. The normalized spacial score (nSPS) is 11.5. The Balaban J connectivity index is 2.74. The monoisotopic (exact) mass is 259 g/mol. The van der Waals surface area contributed by atoms with E-state index >= 15 is 0 Å². The number of nitrogens with zero attached hydrogens (tertiary/aromatic N) is 1. The number of aromatic nitrogens is 2. The van der Waals surface area contributed by atoms with Crippen LogP contribution in [0.4, 0.5) is 5.82 Å². The number of rotatable bonds is 3. The Morgan fingerprint density at radius 2 is 1.68 bits per heavy atom. The van der Waals surface area contributed by atoms with Gasteiger partial charge in [0.1, 0.15) is 11.6 Å². The molecule has 0 spiro atoms. The Morgan fingerprint density at radius 1 is 1.11 bits per heavy atom. The number of nitrogens with two attached hydrogens (primary N) is 1. The van der Waals surface area contributed by atoms with E-state index in [1.54, 1.807) is 6.20 Å². The Bertz CT molecular complexity index is 585. The summed E-state index contributed by atoms with van der Waals surface area (Å²) in [6.07, 6.45) is 1.67. The number of phenolic OH excluding ortho intramolecular Hbond substituents is 1. The van der Waals surface area contributed by atoms with Gasteiger partial charge in [0.2, 0.25) is 0 Å². The molecule has 0 unspecified atom stereocenters. The molecule has 0 radical (unpaired) electrons. The summed E-state index contributed by atoms with van der Waals surface area (Å²) in [6, 6.07) is 4.07. The topological polar surface area (TPSA) is 74.9 Å². The summed E-state index contributed by atoms with van der Waals surface area (Å²) in [4.78, 5) is 0. The van der Waals surface area contributed by atoms with Crippen LogP contribution in [-0.4, -0.2) is 15.3 Å². The molecule has 0 amide bonds. The lowest BCUT2D eigenvalue weighted by Crippen LogP contribution is -1.99. The molecule has 1 heterocycles. The maximum atomic E-state index is 10.6. The lowest BCUT2D eigenvalue weighted by molar-refractivity contribution is 0.466. The number of hydrogen-bond donors (Lipinski definition) is 3. The fourth-order valence-corrected chi connectivity index (χ4v) is 2.35. The quantitative estimate of drug-likeness (QED) is 0.788. The van der Waals surface area contributed by atoms with Crippen molar-refractivity contribution in [1.82, 2.24) is 10.2 Å². The third-order valence-electron chi connectivity index (χ3n) is 3.42. The lowest BCUT2D eigenvalue weighted by Gasteiger charge is -2.18. The summed E-state index contributed by atoms with van der Waals surface area (Å²) in [7, 11) is 0. The molecule has 19 heavy (non-hydrogen) atoms. The molecule has 1 aromatic heterocycles. The molecule has 2 rings (SSSR count). The Morgan fingerprint density at radius 3 is 2.16 bits per heavy atom. The highest BCUT2D eigenvalue weighted by molar-refractivity contribution is 5.82. The van der Waals surface area contributed by atoms with Crippen molar-refractivity contribution in [2.75, 3.05) is 5.73 Å². The molecule has 4 N–H and O–H groups in total. The molecule has 2 aromatic rings. The van der Waals surface area contributed by atoms with Crippen molar-refractivity contribution in [1.29, 1.82) is 0 Å². The van der Waals surface area contributed by atoms with Gasteiger partial charge < -0.3 is 10.8 Å². The number of aromatic hydroxyl groups is 1. The maximum Gasteiger partial charge on any atom is 0.127 e. The minimum atomic E-state index is 0.257. The van der Waals surface area contributed by atoms with Gasteiger partial charge in [-0.05, 0) is 23.0 Å². The number of hydrogen-bond acceptors (Lipinski definition) is 3. The molecule has 0 aliphatic heterocycles. The average Bonchev–Trinajstić information content (AvgIpc) is 2.74. The van der Waals surface area contributed by atoms with Crippen molar-refractivity contribution >= 4 is 5.82 Å². The molecule has 0 atom stereocenters. The average molecular weight is 259 g/mol. The van der Waals surface area contributed by atoms with Crippen molar-refractivity contribution in [3.8, 4) is 16.9 Å². The predicted molar refractivity (Wildman–Crippen MR) is 78.3 cm³/mol. The summed E-state index contributed by atoms with van der Waals surface area (Å²) >= 11 is 0. The second-order valence-corrected chi connectivity index (χ2v) is 5.47. The molecule has 0 saturated carbocycles. The summed E-state index contributed by atoms with van der Waals surface area (Å²) in [5, 5.41) is 17.3. The molecule has 0 bridgehead atoms. The van der Waals surface area contributed by atoms with Crippen molar-refractivity contribution in [2.24, 2.45) is 0 Å². The summed E-state index contributed by atoms with van der Waals surface area (Å²) in [5.74, 6) is 1.36. The molecule has 0 aliphatic carbocycles. The van der Waals surface area contributed by atoms with Gasteiger partial charge in [-0.3, -0.25) is 5.10 Å². The summed E-state index contributed by atoms with van der Waals surface area (Å²) < 4.78 is 0. The summed E-state index contributed by atoms with van der Waals surface area (Å²) in [5.41, 5.74) is 9.48. The van der Waals surface area contributed by atoms with Gasteiger partial charge in [0.25, 0.3) is 0 Å². The van der Waals surface area contributed by atoms with E-state index < -0.39 is 0 Å². The minimum Gasteiger partial charge on any atom is -0.507 e. The van der Waals surface area contributed by atoms with E-state index in [1.807, 2.05) is 6.07 Å². The largest absolute Gasteiger partial charge is 0.507 e. The first kappa shape index (κ1) is 13.5. The zero-order valence-corrected chi connectivity index (χ0v) is 11.9. The number of nitrogen functional groups attached to an aromatic ring is 1. The van der Waals surface area contributed by atoms with Crippen LogP contribution in [0.25, 0.3) is 11.1 Å². The van der Waals surface area contributed by atoms with E-state index in [0.29, 0.717) is 17.5 Å². The first-order valence-corrected chi connectivity index (χ1v) is 6.58. The van der Waals surface area contributed by atoms with Gasteiger partial charge in [-0.1, -0.05) is 39.8 Å². The van der Waals surface area contributed by atoms with Gasteiger partial charge in [-0.2, -0.15) is 5.10 Å². The van der Waals surface area contributed by atoms with Crippen LogP contribution in [0.5, 0.6) is 5.75 Å². The van der Waals surface area contributed by atoms with Crippen LogP contribution in [0.1, 0.15) is 50.7 Å². The Labute approximate surface area is 113 Å². The highest BCUT2D eigenvalue weighted by Crippen LogP contribution is 2.42. The molecule has 0 fully saturated rings. The number of aromatic amines is 1. The second kappa shape index (κ2) is 4.96. The van der Waals surface area contributed by atoms with E-state index in [4.69, 9.17) is 5.73 Å². The zero-order valence-electron chi connectivity index (χ0n) is 11.9. The van der Waals surface area contributed by atoms with Crippen molar-refractivity contribution in [3.05, 3.63) is 29.5 Å². The lowest BCUT2D eigenvalue weighted by atomic mass is 9.88. The smallest absolute Gasteiger partial charge is 0.127 e. The minimum absolute atomic E-state index is 0.257. The van der Waals surface area contributed by atoms with Crippen molar-refractivity contribution < 1.29 is 5.11 Å². The van der Waals surface area contributed by atoms with Crippen LogP contribution < -0.4 is 5.73 Å². The van der Waals surface area contributed by atoms with Gasteiger partial charge in [-0.15, -0.1) is 0 Å². The highest BCUT2D eigenvalue weighted by Gasteiger charge is 2.20. The molecule has 4 heteroatoms. The van der Waals surface area contributed by atoms with E-state index in [1.165, 1.54) is 0 Å². The second-order valence-electron chi connectivity index (χ2n) is 5.47. The standard InChI is InChI=1S/C15H21N3O/c1-8(2)10-5-6-11(9(3)4)14(19)13(10)12-7-17-18-15(12)16/h5-9,19H,1-4H3,(H3,16,17,18). The van der Waals surface area contributed by atoms with Crippen LogP contribution in [0.15, 0.2) is 18.3 Å². The van der Waals surface area contributed by atoms with Crippen LogP contribution in [0.3, 0.4) is 0 Å². The fourth-order valence-electron chi connectivity index (χ4n) is 2.35. The van der Waals surface area contributed by atoms with Crippen LogP contribution in [0.2, 0.25) is 0 Å². The van der Waals surface area contributed by atoms with Crippen molar-refractivity contribution in [3.63, 3.8) is 0 Å². The van der Waals surface area contributed by atoms with Gasteiger partial charge in [0, 0.05) is 11.1 Å². The zero-order chi connectivity index (χ0) is 14.2. The molecule has 1 aromatic carbocycles. The number of H-pyrrole nitrogens is 1. The van der Waals surface area contributed by atoms with Crippen LogP contribution in [0, 0.1) is 0 Å². The highest BCUT2D eigenvalue weighted by atomic mass is 16.3. The van der Waals surface area contributed by atoms with E-state index in [0.717, 1.165) is 22.3 Å². The first-order valence-electron chi connectivity index (χ1n) is 6.58. The van der Waals surface area contributed by atoms with E-state index in [2.05, 4.69) is 44.0 Å². The van der Waals surface area contributed by atoms with Gasteiger partial charge >= 0.3 is 0 Å². The first-order chi connectivity index (χ1) is 8.93. The molecule has 102 valence electrons.